The van der Waals surface area contributed by atoms with Crippen LogP contribution >= 0.6 is 11.3 Å². The average molecular weight is 462 g/mol. The van der Waals surface area contributed by atoms with Crippen LogP contribution in [0.4, 0.5) is 5.69 Å². The zero-order valence-electron chi connectivity index (χ0n) is 20.4. The van der Waals surface area contributed by atoms with Crippen LogP contribution in [0.25, 0.3) is 5.57 Å². The molecule has 0 spiro atoms. The number of esters is 1. The Bertz CT molecular complexity index is 748. The SMILES string of the molecule is CCCC(CCCO)N(CC1CCC(C)CC1)c1cc(C2=CCCCC2)sc1C(=O)OC. The fraction of sp³-hybridized carbons (Fsp3) is 0.741. The van der Waals surface area contributed by atoms with Crippen LogP contribution in [0.3, 0.4) is 0 Å². The molecule has 0 aromatic carbocycles. The minimum Gasteiger partial charge on any atom is -0.465 e. The van der Waals surface area contributed by atoms with Crippen LogP contribution in [0, 0.1) is 11.8 Å². The van der Waals surface area contributed by atoms with Crippen LogP contribution in [-0.2, 0) is 4.74 Å². The fourth-order valence-electron chi connectivity index (χ4n) is 5.40. The summed E-state index contributed by atoms with van der Waals surface area (Å²) >= 11 is 1.61. The summed E-state index contributed by atoms with van der Waals surface area (Å²) in [6.07, 6.45) is 16.2. The lowest BCUT2D eigenvalue weighted by molar-refractivity contribution is 0.0606. The zero-order valence-corrected chi connectivity index (χ0v) is 21.2. The fourth-order valence-corrected chi connectivity index (χ4v) is 6.56. The highest BCUT2D eigenvalue weighted by molar-refractivity contribution is 7.15. The minimum absolute atomic E-state index is 0.215. The third kappa shape index (κ3) is 6.60. The van der Waals surface area contributed by atoms with Gasteiger partial charge in [0.25, 0.3) is 0 Å². The van der Waals surface area contributed by atoms with E-state index in [0.717, 1.165) is 61.6 Å². The van der Waals surface area contributed by atoms with Gasteiger partial charge < -0.3 is 14.7 Å². The Morgan fingerprint density at radius 1 is 1.25 bits per heavy atom. The molecule has 1 aromatic heterocycles. The molecule has 0 saturated heterocycles. The molecule has 1 N–H and O–H groups in total. The van der Waals surface area contributed by atoms with Gasteiger partial charge >= 0.3 is 5.97 Å². The van der Waals surface area contributed by atoms with Crippen molar-refractivity contribution in [3.05, 3.63) is 21.9 Å². The van der Waals surface area contributed by atoms with Gasteiger partial charge in [-0.25, -0.2) is 4.79 Å². The van der Waals surface area contributed by atoms with E-state index in [1.807, 2.05) is 0 Å². The average Bonchev–Trinajstić information content (AvgIpc) is 3.27. The first-order chi connectivity index (χ1) is 15.6. The molecular formula is C27H43NO3S. The van der Waals surface area contributed by atoms with Gasteiger partial charge in [0.15, 0.2) is 0 Å². The number of allylic oxidation sites excluding steroid dienone is 2. The van der Waals surface area contributed by atoms with E-state index < -0.39 is 0 Å². The second-order valence-electron chi connectivity index (χ2n) is 9.88. The first-order valence-electron chi connectivity index (χ1n) is 12.9. The molecular weight excluding hydrogens is 418 g/mol. The van der Waals surface area contributed by atoms with E-state index in [-0.39, 0.29) is 12.6 Å². The molecule has 2 aliphatic carbocycles. The first-order valence-corrected chi connectivity index (χ1v) is 13.7. The van der Waals surface area contributed by atoms with Gasteiger partial charge in [0, 0.05) is 24.1 Å². The van der Waals surface area contributed by atoms with E-state index in [4.69, 9.17) is 4.74 Å². The number of aliphatic hydroxyl groups is 1. The predicted octanol–water partition coefficient (Wildman–Crippen LogP) is 7.07. The first kappa shape index (κ1) is 25.3. The molecule has 0 amide bonds. The maximum absolute atomic E-state index is 12.9. The van der Waals surface area contributed by atoms with Gasteiger partial charge in [-0.15, -0.1) is 11.3 Å². The van der Waals surface area contributed by atoms with Crippen molar-refractivity contribution in [2.75, 3.05) is 25.2 Å². The lowest BCUT2D eigenvalue weighted by atomic mass is 9.82. The summed E-state index contributed by atoms with van der Waals surface area (Å²) in [5.41, 5.74) is 2.46. The normalized spacial score (nSPS) is 22.3. The van der Waals surface area contributed by atoms with Crippen molar-refractivity contribution in [1.82, 2.24) is 0 Å². The number of hydrogen-bond donors (Lipinski definition) is 1. The van der Waals surface area contributed by atoms with E-state index in [1.165, 1.54) is 56.1 Å². The van der Waals surface area contributed by atoms with E-state index in [2.05, 4.69) is 30.9 Å². The summed E-state index contributed by atoms with van der Waals surface area (Å²) < 4.78 is 5.24. The lowest BCUT2D eigenvalue weighted by Crippen LogP contribution is -2.40. The van der Waals surface area contributed by atoms with Crippen LogP contribution in [0.5, 0.6) is 0 Å². The molecule has 1 unspecified atom stereocenters. The summed E-state index contributed by atoms with van der Waals surface area (Å²) in [6, 6.07) is 2.62. The standard InChI is InChI=1S/C27H43NO3S/c1-4-9-23(12-8-17-29)28(19-21-15-13-20(2)14-16-21)24-18-25(22-10-6-5-7-11-22)32-26(24)27(30)31-3/h10,18,20-21,23,29H,4-9,11-17,19H2,1-3H3. The number of rotatable bonds is 11. The maximum Gasteiger partial charge on any atom is 0.350 e. The molecule has 1 atom stereocenters. The summed E-state index contributed by atoms with van der Waals surface area (Å²) in [7, 11) is 1.49. The molecule has 1 saturated carbocycles. The number of hydrogen-bond acceptors (Lipinski definition) is 5. The largest absolute Gasteiger partial charge is 0.465 e. The van der Waals surface area contributed by atoms with Gasteiger partial charge in [-0.1, -0.05) is 39.2 Å². The Balaban J connectivity index is 1.97. The summed E-state index contributed by atoms with van der Waals surface area (Å²) in [4.78, 5) is 17.4. The second kappa shape index (κ2) is 12.8. The monoisotopic (exact) mass is 461 g/mol. The molecule has 1 heterocycles. The minimum atomic E-state index is -0.215. The van der Waals surface area contributed by atoms with Crippen LogP contribution < -0.4 is 4.90 Å². The van der Waals surface area contributed by atoms with Gasteiger partial charge in [0.2, 0.25) is 0 Å². The highest BCUT2D eigenvalue weighted by Crippen LogP contribution is 2.41. The second-order valence-corrected chi connectivity index (χ2v) is 10.9. The molecule has 4 nitrogen and oxygen atoms in total. The third-order valence-corrected chi connectivity index (χ3v) is 8.53. The molecule has 32 heavy (non-hydrogen) atoms. The van der Waals surface area contributed by atoms with Crippen molar-refractivity contribution in [2.45, 2.75) is 96.9 Å². The Morgan fingerprint density at radius 3 is 2.66 bits per heavy atom. The number of thiophene rings is 1. The number of anilines is 1. The van der Waals surface area contributed by atoms with E-state index in [9.17, 15) is 9.90 Å². The zero-order chi connectivity index (χ0) is 22.9. The Morgan fingerprint density at radius 2 is 2.03 bits per heavy atom. The summed E-state index contributed by atoms with van der Waals surface area (Å²) in [6.45, 7) is 5.83. The molecule has 0 bridgehead atoms. The van der Waals surface area contributed by atoms with Gasteiger partial charge in [0.05, 0.1) is 12.8 Å². The van der Waals surface area contributed by atoms with Crippen LogP contribution in [-0.4, -0.2) is 37.4 Å². The predicted molar refractivity (Wildman–Crippen MR) is 136 cm³/mol. The van der Waals surface area contributed by atoms with Crippen LogP contribution in [0.15, 0.2) is 12.1 Å². The van der Waals surface area contributed by atoms with Gasteiger partial charge in [-0.3, -0.25) is 0 Å². The van der Waals surface area contributed by atoms with Gasteiger partial charge in [-0.05, 0) is 81.3 Å². The molecule has 5 heteroatoms. The number of aliphatic hydroxyl groups excluding tert-OH is 1. The van der Waals surface area contributed by atoms with Crippen molar-refractivity contribution in [2.24, 2.45) is 11.8 Å². The van der Waals surface area contributed by atoms with Gasteiger partial charge in [-0.2, -0.15) is 0 Å². The van der Waals surface area contributed by atoms with E-state index in [1.54, 1.807) is 11.3 Å². The number of carbonyl (C=O) groups is 1. The molecule has 0 radical (unpaired) electrons. The van der Waals surface area contributed by atoms with E-state index in [0.29, 0.717) is 12.0 Å². The summed E-state index contributed by atoms with van der Waals surface area (Å²) in [5, 5.41) is 9.54. The summed E-state index contributed by atoms with van der Waals surface area (Å²) in [5.74, 6) is 1.28. The molecule has 0 aliphatic heterocycles. The number of carbonyl (C=O) groups excluding carboxylic acids is 1. The van der Waals surface area contributed by atoms with Crippen molar-refractivity contribution in [1.29, 1.82) is 0 Å². The van der Waals surface area contributed by atoms with Crippen LogP contribution in [0.2, 0.25) is 0 Å². The van der Waals surface area contributed by atoms with Crippen molar-refractivity contribution < 1.29 is 14.6 Å². The third-order valence-electron chi connectivity index (χ3n) is 7.35. The molecule has 1 fully saturated rings. The van der Waals surface area contributed by atoms with Crippen molar-refractivity contribution in [3.63, 3.8) is 0 Å². The maximum atomic E-state index is 12.9. The molecule has 2 aliphatic rings. The number of ether oxygens (including phenoxy) is 1. The number of nitrogens with zero attached hydrogens (tertiary/aromatic N) is 1. The van der Waals surface area contributed by atoms with Crippen molar-refractivity contribution >= 4 is 28.6 Å². The highest BCUT2D eigenvalue weighted by Gasteiger charge is 2.30. The Kier molecular flexibility index (Phi) is 10.1. The quantitative estimate of drug-likeness (QED) is 0.358. The number of methoxy groups -OCH3 is 1. The Labute approximate surface area is 199 Å². The van der Waals surface area contributed by atoms with E-state index >= 15 is 0 Å². The smallest absolute Gasteiger partial charge is 0.350 e. The molecule has 1 aromatic rings. The van der Waals surface area contributed by atoms with Gasteiger partial charge in [0.1, 0.15) is 4.88 Å². The topological polar surface area (TPSA) is 49.8 Å². The Hall–Kier alpha value is -1.33. The van der Waals surface area contributed by atoms with Crippen LogP contribution in [0.1, 0.15) is 105 Å². The molecule has 3 rings (SSSR count). The molecule has 180 valence electrons. The van der Waals surface area contributed by atoms with Crippen molar-refractivity contribution in [3.8, 4) is 0 Å². The lowest BCUT2D eigenvalue weighted by Gasteiger charge is -2.38. The highest BCUT2D eigenvalue weighted by atomic mass is 32.1.